The van der Waals surface area contributed by atoms with E-state index in [1.807, 2.05) is 47.7 Å². The maximum absolute atomic E-state index is 6.26. The third kappa shape index (κ3) is 1.77. The molecule has 3 N–H and O–H groups in total. The van der Waals surface area contributed by atoms with Crippen molar-refractivity contribution < 1.29 is 0 Å². The van der Waals surface area contributed by atoms with E-state index < -0.39 is 0 Å². The smallest absolute Gasteiger partial charge is 0.124 e. The fourth-order valence-corrected chi connectivity index (χ4v) is 2.78. The summed E-state index contributed by atoms with van der Waals surface area (Å²) < 4.78 is 0. The Kier molecular flexibility index (Phi) is 2.77. The second kappa shape index (κ2) is 4.44. The number of thiophene rings is 1. The molecule has 0 fully saturated rings. The van der Waals surface area contributed by atoms with Crippen molar-refractivity contribution in [1.82, 2.24) is 0 Å². The van der Waals surface area contributed by atoms with E-state index in [0.717, 1.165) is 21.9 Å². The Morgan fingerprint density at radius 1 is 1.28 bits per heavy atom. The fourth-order valence-electron chi connectivity index (χ4n) is 2.00. The van der Waals surface area contributed by atoms with E-state index in [9.17, 15) is 0 Å². The summed E-state index contributed by atoms with van der Waals surface area (Å²) in [5.74, 6) is 0. The van der Waals surface area contributed by atoms with Gasteiger partial charge in [-0.3, -0.25) is 0 Å². The third-order valence-corrected chi connectivity index (χ3v) is 3.88. The van der Waals surface area contributed by atoms with Crippen molar-refractivity contribution in [2.45, 2.75) is 6.17 Å². The highest BCUT2D eigenvalue weighted by Crippen LogP contribution is 2.36. The lowest BCUT2D eigenvalue weighted by atomic mass is 10.2. The Morgan fingerprint density at radius 2 is 2.06 bits per heavy atom. The first kappa shape index (κ1) is 11.3. The quantitative estimate of drug-likeness (QED) is 0.870. The number of nitrogens with one attached hydrogen (secondary N) is 1. The van der Waals surface area contributed by atoms with Gasteiger partial charge < -0.3 is 16.0 Å². The number of aliphatic imine (C=N–C) groups is 1. The predicted octanol–water partition coefficient (Wildman–Crippen LogP) is 2.93. The van der Waals surface area contributed by atoms with Gasteiger partial charge in [-0.25, -0.2) is 4.99 Å². The molecule has 1 atom stereocenters. The van der Waals surface area contributed by atoms with Crippen molar-refractivity contribution in [3.8, 4) is 0 Å². The van der Waals surface area contributed by atoms with Crippen LogP contribution in [0.2, 0.25) is 0 Å². The number of hydrogen-bond donors (Lipinski definition) is 2. The Bertz CT molecular complexity index is 573. The average Bonchev–Trinajstić information content (AvgIpc) is 2.89. The molecule has 1 unspecified atom stereocenters. The fraction of sp³-hybridized carbons (Fsp3) is 0.154. The molecule has 0 saturated carbocycles. The van der Waals surface area contributed by atoms with Crippen molar-refractivity contribution in [3.63, 3.8) is 0 Å². The molecule has 0 aliphatic carbocycles. The number of fused-ring (bicyclic) bond motifs is 1. The first-order valence-corrected chi connectivity index (χ1v) is 6.61. The lowest BCUT2D eigenvalue weighted by Gasteiger charge is -2.29. The molecule has 1 aromatic heterocycles. The molecule has 0 bridgehead atoms. The van der Waals surface area contributed by atoms with Crippen LogP contribution < -0.4 is 16.0 Å². The minimum Gasteiger partial charge on any atom is -0.388 e. The van der Waals surface area contributed by atoms with Crippen LogP contribution in [0.15, 0.2) is 40.7 Å². The van der Waals surface area contributed by atoms with Crippen LogP contribution in [0.1, 0.15) is 11.7 Å². The van der Waals surface area contributed by atoms with E-state index in [1.165, 1.54) is 0 Å². The van der Waals surface area contributed by atoms with Crippen LogP contribution in [0, 0.1) is 0 Å². The lowest BCUT2D eigenvalue weighted by molar-refractivity contribution is 0.754. The Morgan fingerprint density at radius 3 is 2.78 bits per heavy atom. The van der Waals surface area contributed by atoms with Crippen LogP contribution in [-0.4, -0.2) is 13.4 Å². The zero-order valence-corrected chi connectivity index (χ0v) is 10.8. The van der Waals surface area contributed by atoms with Gasteiger partial charge in [0.15, 0.2) is 0 Å². The van der Waals surface area contributed by atoms with Crippen LogP contribution >= 0.6 is 11.3 Å². The van der Waals surface area contributed by atoms with Gasteiger partial charge in [0.2, 0.25) is 0 Å². The molecule has 1 aliphatic heterocycles. The largest absolute Gasteiger partial charge is 0.388 e. The summed E-state index contributed by atoms with van der Waals surface area (Å²) in [6, 6.07) is 10.2. The summed E-state index contributed by atoms with van der Waals surface area (Å²) >= 11 is 1.62. The number of nitrogens with two attached hydrogens (primary N) is 1. The second-order valence-corrected chi connectivity index (χ2v) is 4.97. The minimum absolute atomic E-state index is 0.163. The molecule has 2 heterocycles. The van der Waals surface area contributed by atoms with Crippen LogP contribution in [0.25, 0.3) is 0 Å². The molecule has 2 aromatic rings. The lowest BCUT2D eigenvalue weighted by Crippen LogP contribution is -2.34. The maximum atomic E-state index is 6.26. The Labute approximate surface area is 110 Å². The highest BCUT2D eigenvalue weighted by atomic mass is 32.1. The highest BCUT2D eigenvalue weighted by Gasteiger charge is 2.22. The second-order valence-electron chi connectivity index (χ2n) is 4.07. The summed E-state index contributed by atoms with van der Waals surface area (Å²) in [4.78, 5) is 6.41. The van der Waals surface area contributed by atoms with Gasteiger partial charge in [-0.1, -0.05) is 0 Å². The number of benzene rings is 1. The van der Waals surface area contributed by atoms with E-state index in [-0.39, 0.29) is 6.17 Å². The normalized spacial score (nSPS) is 17.7. The first-order valence-electron chi connectivity index (χ1n) is 5.73. The molecule has 1 aliphatic rings. The summed E-state index contributed by atoms with van der Waals surface area (Å²) in [6.45, 7) is 0. The van der Waals surface area contributed by atoms with Crippen LogP contribution in [-0.2, 0) is 0 Å². The molecular weight excluding hydrogens is 244 g/mol. The third-order valence-electron chi connectivity index (χ3n) is 3.05. The van der Waals surface area contributed by atoms with Crippen LogP contribution in [0.4, 0.5) is 16.4 Å². The molecule has 1 aromatic carbocycles. The first-order chi connectivity index (χ1) is 8.79. The summed E-state index contributed by atoms with van der Waals surface area (Å²) in [5, 5.41) is 6.13. The van der Waals surface area contributed by atoms with Crippen molar-refractivity contribution >= 4 is 34.1 Å². The number of anilines is 2. The molecule has 5 heteroatoms. The van der Waals surface area contributed by atoms with Crippen LogP contribution in [0.3, 0.4) is 0 Å². The predicted molar refractivity (Wildman–Crippen MR) is 77.9 cm³/mol. The summed E-state index contributed by atoms with van der Waals surface area (Å²) in [7, 11) is 1.90. The average molecular weight is 258 g/mol. The molecule has 0 radical (unpaired) electrons. The van der Waals surface area contributed by atoms with Gasteiger partial charge in [0.25, 0.3) is 0 Å². The summed E-state index contributed by atoms with van der Waals surface area (Å²) in [6.07, 6.45) is 1.64. The van der Waals surface area contributed by atoms with Gasteiger partial charge in [0, 0.05) is 24.0 Å². The molecule has 18 heavy (non-hydrogen) atoms. The zero-order chi connectivity index (χ0) is 12.5. The van der Waals surface area contributed by atoms with Crippen molar-refractivity contribution in [2.24, 2.45) is 10.7 Å². The zero-order valence-electron chi connectivity index (χ0n) is 10.00. The minimum atomic E-state index is -0.163. The maximum Gasteiger partial charge on any atom is 0.124 e. The van der Waals surface area contributed by atoms with E-state index in [1.54, 1.807) is 17.7 Å². The standard InChI is InChI=1S/C13H14N4S/c1-15-9-2-4-10(5-3-9)17-8-16-13-11(12(17)14)6-7-18-13/h2-8,12,15H,14H2,1H3. The Balaban J connectivity index is 1.93. The van der Waals surface area contributed by atoms with Crippen molar-refractivity contribution in [2.75, 3.05) is 17.3 Å². The van der Waals surface area contributed by atoms with Gasteiger partial charge in [-0.2, -0.15) is 0 Å². The van der Waals surface area contributed by atoms with E-state index in [0.29, 0.717) is 0 Å². The van der Waals surface area contributed by atoms with Gasteiger partial charge >= 0.3 is 0 Å². The molecule has 92 valence electrons. The molecular formula is C13H14N4S. The molecule has 0 spiro atoms. The van der Waals surface area contributed by atoms with Crippen LogP contribution in [0.5, 0.6) is 0 Å². The number of hydrogen-bond acceptors (Lipinski definition) is 5. The monoisotopic (exact) mass is 258 g/mol. The molecule has 4 nitrogen and oxygen atoms in total. The van der Waals surface area contributed by atoms with Gasteiger partial charge in [0.1, 0.15) is 11.2 Å². The Hall–Kier alpha value is -1.85. The van der Waals surface area contributed by atoms with Gasteiger partial charge in [-0.05, 0) is 35.7 Å². The van der Waals surface area contributed by atoms with Gasteiger partial charge in [-0.15, -0.1) is 11.3 Å². The molecule has 0 amide bonds. The van der Waals surface area contributed by atoms with E-state index >= 15 is 0 Å². The number of nitrogens with zero attached hydrogens (tertiary/aromatic N) is 2. The summed E-state index contributed by atoms with van der Waals surface area (Å²) in [5.41, 5.74) is 9.47. The SMILES string of the molecule is CNc1ccc(N2C=Nc3sccc3C2N)cc1. The topological polar surface area (TPSA) is 53.6 Å². The molecule has 3 rings (SSSR count). The molecule has 0 saturated heterocycles. The number of rotatable bonds is 2. The van der Waals surface area contributed by atoms with Gasteiger partial charge in [0.05, 0.1) is 6.34 Å². The van der Waals surface area contributed by atoms with Crippen molar-refractivity contribution in [3.05, 3.63) is 41.3 Å². The van der Waals surface area contributed by atoms with E-state index in [4.69, 9.17) is 5.73 Å². The van der Waals surface area contributed by atoms with Crippen molar-refractivity contribution in [1.29, 1.82) is 0 Å². The van der Waals surface area contributed by atoms with E-state index in [2.05, 4.69) is 10.3 Å². The highest BCUT2D eigenvalue weighted by molar-refractivity contribution is 7.14.